The molecule has 1 aromatic heterocycles. The average molecular weight is 458 g/mol. The number of halogens is 3. The Kier molecular flexibility index (Phi) is 5.09. The lowest BCUT2D eigenvalue weighted by Crippen LogP contribution is -2.46. The number of carbonyl (C=O) groups is 2. The van der Waals surface area contributed by atoms with Crippen molar-refractivity contribution in [3.63, 3.8) is 0 Å². The Labute approximate surface area is 178 Å². The monoisotopic (exact) mass is 456 g/mol. The van der Waals surface area contributed by atoms with E-state index in [1.165, 1.54) is 16.2 Å². The molecule has 10 heteroatoms. The molecule has 6 nitrogen and oxygen atoms in total. The van der Waals surface area contributed by atoms with Crippen LogP contribution in [-0.4, -0.2) is 28.1 Å². The van der Waals surface area contributed by atoms with Gasteiger partial charge in [-0.15, -0.1) is 11.3 Å². The van der Waals surface area contributed by atoms with Gasteiger partial charge in [-0.2, -0.15) is 0 Å². The summed E-state index contributed by atoms with van der Waals surface area (Å²) in [6.07, 6.45) is -1.53. The van der Waals surface area contributed by atoms with Crippen molar-refractivity contribution in [1.29, 1.82) is 0 Å². The molecule has 144 valence electrons. The second kappa shape index (κ2) is 7.40. The highest BCUT2D eigenvalue weighted by Crippen LogP contribution is 2.40. The maximum absolute atomic E-state index is 12.9. The number of aromatic nitrogens is 1. The lowest BCUT2D eigenvalue weighted by atomic mass is 10.1. The van der Waals surface area contributed by atoms with E-state index in [4.69, 9.17) is 44.6 Å². The van der Waals surface area contributed by atoms with E-state index >= 15 is 0 Å². The first-order valence-electron chi connectivity index (χ1n) is 8.07. The number of rotatable bonds is 4. The fourth-order valence-corrected chi connectivity index (χ4v) is 4.72. The molecule has 0 spiro atoms. The van der Waals surface area contributed by atoms with Crippen LogP contribution in [0, 0.1) is 0 Å². The SMILES string of the molecule is O=C(O)CC1Oc2ccccc2N(Cc2nc3c(Cl)c(Cl)c(Cl)cc3s2)C1=O. The number of benzene rings is 2. The Morgan fingerprint density at radius 2 is 2.00 bits per heavy atom. The highest BCUT2D eigenvalue weighted by molar-refractivity contribution is 7.18. The van der Waals surface area contributed by atoms with E-state index in [9.17, 15) is 9.59 Å². The number of anilines is 1. The zero-order valence-corrected chi connectivity index (χ0v) is 17.1. The summed E-state index contributed by atoms with van der Waals surface area (Å²) in [5.41, 5.74) is 1.06. The maximum Gasteiger partial charge on any atom is 0.307 e. The standard InChI is InChI=1S/C18H11Cl3N2O4S/c19-8-5-12-17(16(21)15(8)20)22-13(28-12)7-23-9-3-1-2-4-10(9)27-11(18(23)26)6-14(24)25/h1-5,11H,6-7H2,(H,24,25). The van der Waals surface area contributed by atoms with Crippen LogP contribution in [0.1, 0.15) is 11.4 Å². The molecule has 1 amide bonds. The molecule has 3 aromatic rings. The van der Waals surface area contributed by atoms with Gasteiger partial charge in [-0.25, -0.2) is 4.98 Å². The van der Waals surface area contributed by atoms with Crippen molar-refractivity contribution >= 4 is 73.9 Å². The summed E-state index contributed by atoms with van der Waals surface area (Å²) in [6.45, 7) is 0.139. The largest absolute Gasteiger partial charge is 0.481 e. The number of carboxylic acid groups (broad SMARTS) is 1. The average Bonchev–Trinajstić information content (AvgIpc) is 3.05. The molecule has 0 saturated carbocycles. The van der Waals surface area contributed by atoms with Gasteiger partial charge in [-0.05, 0) is 18.2 Å². The quantitative estimate of drug-likeness (QED) is 0.556. The lowest BCUT2D eigenvalue weighted by Gasteiger charge is -2.33. The zero-order chi connectivity index (χ0) is 20.0. The van der Waals surface area contributed by atoms with Crippen LogP contribution in [0.15, 0.2) is 30.3 Å². The number of thiazole rings is 1. The minimum atomic E-state index is -1.12. The molecule has 1 atom stereocenters. The number of fused-ring (bicyclic) bond motifs is 2. The topological polar surface area (TPSA) is 79.7 Å². The molecule has 1 aliphatic heterocycles. The fraction of sp³-hybridized carbons (Fsp3) is 0.167. The molecular weight excluding hydrogens is 447 g/mol. The van der Waals surface area contributed by atoms with Crippen molar-refractivity contribution in [3.8, 4) is 5.75 Å². The molecule has 2 heterocycles. The van der Waals surface area contributed by atoms with Crippen molar-refractivity contribution in [1.82, 2.24) is 4.98 Å². The second-order valence-corrected chi connectivity index (χ2v) is 8.32. The van der Waals surface area contributed by atoms with Gasteiger partial charge in [0.1, 0.15) is 16.3 Å². The van der Waals surface area contributed by atoms with E-state index in [1.54, 1.807) is 30.3 Å². The number of para-hydroxylation sites is 2. The molecule has 0 bridgehead atoms. The molecule has 1 unspecified atom stereocenters. The number of carbonyl (C=O) groups excluding carboxylic acids is 1. The third-order valence-corrected chi connectivity index (χ3v) is 6.43. The Balaban J connectivity index is 1.73. The van der Waals surface area contributed by atoms with E-state index < -0.39 is 24.4 Å². The molecule has 1 N–H and O–H groups in total. The fourth-order valence-electron chi connectivity index (χ4n) is 2.95. The number of nitrogens with zero attached hydrogens (tertiary/aromatic N) is 2. The predicted octanol–water partition coefficient (Wildman–Crippen LogP) is 5.03. The lowest BCUT2D eigenvalue weighted by molar-refractivity contribution is -0.142. The molecule has 0 saturated heterocycles. The third kappa shape index (κ3) is 3.39. The number of hydrogen-bond donors (Lipinski definition) is 1. The molecular formula is C18H11Cl3N2O4S. The highest BCUT2D eigenvalue weighted by Gasteiger charge is 2.36. The van der Waals surface area contributed by atoms with Gasteiger partial charge in [0.05, 0.1) is 38.4 Å². The zero-order valence-electron chi connectivity index (χ0n) is 14.0. The van der Waals surface area contributed by atoms with Gasteiger partial charge in [0, 0.05) is 0 Å². The first kappa shape index (κ1) is 19.3. The van der Waals surface area contributed by atoms with E-state index in [0.29, 0.717) is 27.0 Å². The summed E-state index contributed by atoms with van der Waals surface area (Å²) in [4.78, 5) is 29.9. The Morgan fingerprint density at radius 1 is 1.25 bits per heavy atom. The smallest absolute Gasteiger partial charge is 0.307 e. The number of carboxylic acids is 1. The minimum Gasteiger partial charge on any atom is -0.481 e. The van der Waals surface area contributed by atoms with Crippen LogP contribution in [0.25, 0.3) is 10.2 Å². The number of amides is 1. The van der Waals surface area contributed by atoms with E-state index in [2.05, 4.69) is 4.98 Å². The Bertz CT molecular complexity index is 1120. The van der Waals surface area contributed by atoms with Crippen LogP contribution in [0.3, 0.4) is 0 Å². The minimum absolute atomic E-state index is 0.139. The first-order valence-corrected chi connectivity index (χ1v) is 10.0. The van der Waals surface area contributed by atoms with Crippen LogP contribution in [-0.2, 0) is 16.1 Å². The number of ether oxygens (including phenoxy) is 1. The summed E-state index contributed by atoms with van der Waals surface area (Å²) in [7, 11) is 0. The molecule has 28 heavy (non-hydrogen) atoms. The van der Waals surface area contributed by atoms with Gasteiger partial charge >= 0.3 is 5.97 Å². The predicted molar refractivity (Wildman–Crippen MR) is 109 cm³/mol. The molecule has 1 aliphatic rings. The molecule has 0 fully saturated rings. The molecule has 0 radical (unpaired) electrons. The number of aliphatic carboxylic acids is 1. The molecule has 2 aromatic carbocycles. The summed E-state index contributed by atoms with van der Waals surface area (Å²) in [5, 5.41) is 10.5. The van der Waals surface area contributed by atoms with Gasteiger partial charge in [0.15, 0.2) is 6.10 Å². The summed E-state index contributed by atoms with van der Waals surface area (Å²) in [6, 6.07) is 8.63. The second-order valence-electron chi connectivity index (χ2n) is 6.04. The maximum atomic E-state index is 12.9. The molecule has 4 rings (SSSR count). The van der Waals surface area contributed by atoms with Crippen molar-refractivity contribution in [2.75, 3.05) is 4.90 Å². The van der Waals surface area contributed by atoms with Gasteiger partial charge < -0.3 is 9.84 Å². The van der Waals surface area contributed by atoms with Crippen LogP contribution in [0.5, 0.6) is 5.75 Å². The Hall–Kier alpha value is -2.06. The first-order chi connectivity index (χ1) is 13.3. The van der Waals surface area contributed by atoms with Crippen molar-refractivity contribution < 1.29 is 19.4 Å². The Morgan fingerprint density at radius 3 is 2.75 bits per heavy atom. The van der Waals surface area contributed by atoms with Crippen LogP contribution >= 0.6 is 46.1 Å². The summed E-state index contributed by atoms with van der Waals surface area (Å²) < 4.78 is 6.33. The number of hydrogen-bond acceptors (Lipinski definition) is 5. The summed E-state index contributed by atoms with van der Waals surface area (Å²) in [5.74, 6) is -1.12. The van der Waals surface area contributed by atoms with Crippen LogP contribution in [0.2, 0.25) is 15.1 Å². The van der Waals surface area contributed by atoms with Gasteiger partial charge in [-0.3, -0.25) is 14.5 Å². The van der Waals surface area contributed by atoms with E-state index in [0.717, 1.165) is 4.70 Å². The van der Waals surface area contributed by atoms with Crippen molar-refractivity contribution in [2.24, 2.45) is 0 Å². The van der Waals surface area contributed by atoms with Gasteiger partial charge in [0.25, 0.3) is 5.91 Å². The normalized spacial score (nSPS) is 16.2. The third-order valence-electron chi connectivity index (χ3n) is 4.19. The van der Waals surface area contributed by atoms with E-state index in [-0.39, 0.29) is 16.6 Å². The van der Waals surface area contributed by atoms with E-state index in [1.807, 2.05) is 0 Å². The van der Waals surface area contributed by atoms with Crippen molar-refractivity contribution in [2.45, 2.75) is 19.1 Å². The van der Waals surface area contributed by atoms with Gasteiger partial charge in [-0.1, -0.05) is 46.9 Å². The van der Waals surface area contributed by atoms with Gasteiger partial charge in [0.2, 0.25) is 0 Å². The molecule has 0 aliphatic carbocycles. The van der Waals surface area contributed by atoms with Crippen molar-refractivity contribution in [3.05, 3.63) is 50.4 Å². The van der Waals surface area contributed by atoms with Crippen LogP contribution in [0.4, 0.5) is 5.69 Å². The van der Waals surface area contributed by atoms with Crippen LogP contribution < -0.4 is 9.64 Å². The summed E-state index contributed by atoms with van der Waals surface area (Å²) >= 11 is 19.7. The highest BCUT2D eigenvalue weighted by atomic mass is 35.5.